The average Bonchev–Trinajstić information content (AvgIpc) is 3.40. The van der Waals surface area contributed by atoms with Crippen molar-refractivity contribution < 1.29 is 55.3 Å². The average molecular weight is 1060 g/mol. The highest BCUT2D eigenvalue weighted by Crippen LogP contribution is 2.40. The zero-order valence-corrected chi connectivity index (χ0v) is 42.3. The summed E-state index contributed by atoms with van der Waals surface area (Å²) in [6, 6.07) is 22.7. The van der Waals surface area contributed by atoms with Crippen LogP contribution in [0.4, 0.5) is 60.5 Å². The van der Waals surface area contributed by atoms with Crippen LogP contribution in [-0.2, 0) is 31.4 Å². The molecule has 406 valence electrons. The molecule has 2 amide bonds. The minimum Gasteiger partial charge on any atom is -0.382 e. The number of hydrogen-bond donors (Lipinski definition) is 1. The van der Waals surface area contributed by atoms with Gasteiger partial charge in [0.05, 0.1) is 22.1 Å². The second-order valence-electron chi connectivity index (χ2n) is 19.6. The van der Waals surface area contributed by atoms with Crippen LogP contribution in [0.2, 0.25) is 0 Å². The number of halogens is 6. The number of alkyl halides is 6. The number of nitrogens with zero attached hydrogens (tertiary/aromatic N) is 7. The van der Waals surface area contributed by atoms with E-state index in [0.717, 1.165) is 61.8 Å². The normalized spacial score (nSPS) is 20.4. The molecule has 0 aromatic heterocycles. The van der Waals surface area contributed by atoms with Crippen molar-refractivity contribution in [2.45, 2.75) is 102 Å². The van der Waals surface area contributed by atoms with Gasteiger partial charge in [0.15, 0.2) is 0 Å². The van der Waals surface area contributed by atoms with Crippen molar-refractivity contribution in [1.82, 2.24) is 9.80 Å². The number of benzene rings is 4. The second kappa shape index (κ2) is 24.8. The van der Waals surface area contributed by atoms with Gasteiger partial charge in [-0.25, -0.2) is 0 Å². The Bertz CT molecular complexity index is 2570. The van der Waals surface area contributed by atoms with Crippen LogP contribution in [0.3, 0.4) is 0 Å². The lowest BCUT2D eigenvalue weighted by atomic mass is 9.91. The van der Waals surface area contributed by atoms with Crippen molar-refractivity contribution >= 4 is 45.9 Å². The van der Waals surface area contributed by atoms with Crippen molar-refractivity contribution in [3.63, 3.8) is 0 Å². The fraction of sp³-hybridized carbons (Fsp3) is 0.509. The molecule has 2 heterocycles. The van der Waals surface area contributed by atoms with Gasteiger partial charge >= 0.3 is 12.4 Å². The van der Waals surface area contributed by atoms with E-state index in [1.54, 1.807) is 11.9 Å². The zero-order chi connectivity index (χ0) is 54.0. The van der Waals surface area contributed by atoms with E-state index in [1.807, 2.05) is 9.80 Å². The Hall–Kier alpha value is -6.68. The van der Waals surface area contributed by atoms with Gasteiger partial charge in [0.2, 0.25) is 11.8 Å². The summed E-state index contributed by atoms with van der Waals surface area (Å²) < 4.78 is 91.6. The molecule has 4 aromatic rings. The predicted molar refractivity (Wildman–Crippen MR) is 272 cm³/mol. The quantitative estimate of drug-likeness (QED) is 0.0723. The highest BCUT2D eigenvalue weighted by Gasteiger charge is 2.40. The van der Waals surface area contributed by atoms with Crippen LogP contribution in [-0.4, -0.2) is 128 Å². The number of carbonyl (C=O) groups is 2. The van der Waals surface area contributed by atoms with E-state index >= 15 is 0 Å². The van der Waals surface area contributed by atoms with E-state index in [0.29, 0.717) is 77.5 Å². The summed E-state index contributed by atoms with van der Waals surface area (Å²) in [7, 11) is 1.70. The summed E-state index contributed by atoms with van der Waals surface area (Å²) in [4.78, 5) is 55.2. The molecule has 0 spiro atoms. The SMILES string of the molecule is Cc1ccc(N2CCN(C(=O)COC3CCC(N(C)c4ccc([N+](=O)[O-])c(C(F)(F)F)c4)CC3)CC2)cc1.Cc1ccc(N2CCN(C(=O)COC3CCC(Nc4ccc([N+](=O)[O-])c(C(F)(F)F)c4)CC3)CC2)cc1. The number of anilines is 4. The lowest BCUT2D eigenvalue weighted by Gasteiger charge is -2.37. The van der Waals surface area contributed by atoms with Gasteiger partial charge in [-0.3, -0.25) is 29.8 Å². The van der Waals surface area contributed by atoms with E-state index < -0.39 is 44.7 Å². The molecule has 0 radical (unpaired) electrons. The smallest absolute Gasteiger partial charge is 0.382 e. The fourth-order valence-electron chi connectivity index (χ4n) is 10.1. The highest BCUT2D eigenvalue weighted by atomic mass is 19.4. The minimum absolute atomic E-state index is 0.0184. The molecule has 2 aliphatic carbocycles. The van der Waals surface area contributed by atoms with Gasteiger partial charge in [-0.1, -0.05) is 35.4 Å². The van der Waals surface area contributed by atoms with Crippen LogP contribution >= 0.6 is 0 Å². The lowest BCUT2D eigenvalue weighted by molar-refractivity contribution is -0.388. The van der Waals surface area contributed by atoms with Crippen LogP contribution in [0.1, 0.15) is 73.6 Å². The van der Waals surface area contributed by atoms with Crippen LogP contribution in [0, 0.1) is 34.1 Å². The summed E-state index contributed by atoms with van der Waals surface area (Å²) in [6.07, 6.45) is -4.40. The number of amides is 2. The van der Waals surface area contributed by atoms with Gasteiger partial charge in [0.1, 0.15) is 24.3 Å². The van der Waals surface area contributed by atoms with Crippen LogP contribution < -0.4 is 20.0 Å². The first kappa shape index (κ1) is 56.1. The molecule has 22 heteroatoms. The summed E-state index contributed by atoms with van der Waals surface area (Å²) in [5.74, 6) is -0.0623. The molecule has 2 saturated carbocycles. The molecular weight excluding hydrogens is 991 g/mol. The molecule has 2 saturated heterocycles. The topological polar surface area (TPSA) is 167 Å². The Labute approximate surface area is 431 Å². The molecule has 0 bridgehead atoms. The van der Waals surface area contributed by atoms with Gasteiger partial charge in [0, 0.05) is 106 Å². The third-order valence-electron chi connectivity index (χ3n) is 14.6. The molecule has 4 fully saturated rings. The molecule has 8 rings (SSSR count). The minimum atomic E-state index is -4.81. The van der Waals surface area contributed by atoms with Crippen molar-refractivity contribution in [3.05, 3.63) is 127 Å². The number of nitrogens with one attached hydrogen (secondary N) is 1. The molecule has 16 nitrogen and oxygen atoms in total. The van der Waals surface area contributed by atoms with E-state index in [9.17, 15) is 56.2 Å². The Kier molecular flexibility index (Phi) is 18.5. The summed E-state index contributed by atoms with van der Waals surface area (Å²) >= 11 is 0. The van der Waals surface area contributed by atoms with Crippen molar-refractivity contribution in [3.8, 4) is 0 Å². The summed E-state index contributed by atoms with van der Waals surface area (Å²) in [5.41, 5.74) is 0.786. The number of nitro groups is 2. The number of rotatable bonds is 14. The van der Waals surface area contributed by atoms with Gasteiger partial charge < -0.3 is 39.3 Å². The number of nitro benzene ring substituents is 2. The first-order valence-corrected chi connectivity index (χ1v) is 25.3. The second-order valence-corrected chi connectivity index (χ2v) is 19.6. The zero-order valence-electron chi connectivity index (χ0n) is 42.3. The lowest BCUT2D eigenvalue weighted by Crippen LogP contribution is -2.50. The van der Waals surface area contributed by atoms with Gasteiger partial charge in [-0.05, 0) is 114 Å². The maximum absolute atomic E-state index is 13.4. The molecule has 0 atom stereocenters. The largest absolute Gasteiger partial charge is 0.423 e. The number of piperazine rings is 2. The Morgan fingerprint density at radius 1 is 0.587 bits per heavy atom. The first-order valence-electron chi connectivity index (χ1n) is 25.3. The Morgan fingerprint density at radius 3 is 1.40 bits per heavy atom. The maximum Gasteiger partial charge on any atom is 0.423 e. The number of carbonyl (C=O) groups excluding carboxylic acids is 2. The van der Waals surface area contributed by atoms with E-state index in [4.69, 9.17) is 9.47 Å². The third-order valence-corrected chi connectivity index (χ3v) is 14.6. The van der Waals surface area contributed by atoms with Gasteiger partial charge in [0.25, 0.3) is 11.4 Å². The van der Waals surface area contributed by atoms with E-state index in [1.165, 1.54) is 23.3 Å². The Balaban J connectivity index is 0.000000219. The predicted octanol–water partition coefficient (Wildman–Crippen LogP) is 10.0. The molecule has 4 aliphatic rings. The number of hydrogen-bond acceptors (Lipinski definition) is 12. The molecule has 4 aromatic carbocycles. The van der Waals surface area contributed by atoms with Crippen molar-refractivity contribution in [1.29, 1.82) is 0 Å². The summed E-state index contributed by atoms with van der Waals surface area (Å²) in [6.45, 7) is 9.78. The summed E-state index contributed by atoms with van der Waals surface area (Å²) in [5, 5.41) is 25.0. The monoisotopic (exact) mass is 1050 g/mol. The molecule has 1 N–H and O–H groups in total. The third kappa shape index (κ3) is 15.2. The molecular formula is C53H64F6N8O8. The van der Waals surface area contributed by atoms with Gasteiger partial charge in [-0.15, -0.1) is 0 Å². The van der Waals surface area contributed by atoms with Crippen molar-refractivity contribution in [2.75, 3.05) is 92.6 Å². The van der Waals surface area contributed by atoms with Crippen molar-refractivity contribution in [2.24, 2.45) is 0 Å². The first-order chi connectivity index (χ1) is 35.6. The number of ether oxygens (including phenoxy) is 2. The highest BCUT2D eigenvalue weighted by molar-refractivity contribution is 5.78. The van der Waals surface area contributed by atoms with Crippen LogP contribution in [0.15, 0.2) is 84.9 Å². The Morgan fingerprint density at radius 2 is 0.987 bits per heavy atom. The van der Waals surface area contributed by atoms with Crippen LogP contribution in [0.5, 0.6) is 0 Å². The van der Waals surface area contributed by atoms with Gasteiger partial charge in [-0.2, -0.15) is 26.3 Å². The standard InChI is InChI=1S/C27H33F3N4O4.C26H31F3N4O4/c1-19-3-5-21(6-4-19)32-13-15-33(16-14-32)26(35)18-38-23-10-7-20(8-11-23)31(2)22-9-12-25(34(36)37)24(17-22)27(28,29)30;1-18-2-7-21(8-3-18)31-12-14-32(15-13-31)25(34)17-37-22-9-4-19(5-10-22)30-20-6-11-24(33(35)36)23(16-20)26(27,28)29/h3-6,9,12,17,20,23H,7-8,10-11,13-16,18H2,1-2H3;2-3,6-8,11,16,19,22,30H,4-5,9-10,12-15,17H2,1H3. The maximum atomic E-state index is 13.4. The van der Waals surface area contributed by atoms with E-state index in [2.05, 4.69) is 77.5 Å². The number of aryl methyl sites for hydroxylation is 2. The van der Waals surface area contributed by atoms with E-state index in [-0.39, 0.29) is 60.7 Å². The molecule has 0 unspecified atom stereocenters. The molecule has 75 heavy (non-hydrogen) atoms. The van der Waals surface area contributed by atoms with Crippen LogP contribution in [0.25, 0.3) is 0 Å². The molecule has 2 aliphatic heterocycles. The fourth-order valence-corrected chi connectivity index (χ4v) is 10.1.